The molecule has 1 aromatic carbocycles. The number of rotatable bonds is 1. The Morgan fingerprint density at radius 2 is 2.05 bits per heavy atom. The molecule has 0 saturated heterocycles. The summed E-state index contributed by atoms with van der Waals surface area (Å²) in [5.41, 5.74) is 0.758. The summed E-state index contributed by atoms with van der Waals surface area (Å²) >= 11 is 2.81. The van der Waals surface area contributed by atoms with Crippen molar-refractivity contribution in [1.82, 2.24) is 5.32 Å². The number of alkyl carbamates (subject to hydrolysis) is 1. The maximum absolute atomic E-state index is 12.0. The lowest BCUT2D eigenvalue weighted by molar-refractivity contribution is 0.0951. The molecule has 4 nitrogen and oxygen atoms in total. The van der Waals surface area contributed by atoms with Gasteiger partial charge in [0, 0.05) is 15.6 Å². The number of benzene rings is 1. The SMILES string of the molecule is O=C(NC(=O)c1cc2ccccc2s1)OC#Cc1ccsc1. The van der Waals surface area contributed by atoms with E-state index in [2.05, 4.69) is 22.1 Å². The molecule has 0 saturated carbocycles. The molecule has 0 aliphatic heterocycles. The molecule has 6 heteroatoms. The number of hydrogen-bond acceptors (Lipinski definition) is 5. The van der Waals surface area contributed by atoms with Crippen molar-refractivity contribution >= 4 is 44.8 Å². The molecule has 3 rings (SSSR count). The number of thiophene rings is 2. The average molecular weight is 327 g/mol. The van der Waals surface area contributed by atoms with E-state index in [4.69, 9.17) is 0 Å². The molecular weight excluding hydrogens is 318 g/mol. The van der Waals surface area contributed by atoms with E-state index in [-0.39, 0.29) is 0 Å². The van der Waals surface area contributed by atoms with Crippen LogP contribution < -0.4 is 5.32 Å². The molecule has 108 valence electrons. The van der Waals surface area contributed by atoms with Gasteiger partial charge >= 0.3 is 6.09 Å². The number of ether oxygens (including phenoxy) is 1. The van der Waals surface area contributed by atoms with Crippen LogP contribution in [0.4, 0.5) is 4.79 Å². The van der Waals surface area contributed by atoms with Crippen molar-refractivity contribution in [3.05, 3.63) is 57.6 Å². The highest BCUT2D eigenvalue weighted by atomic mass is 32.1. The average Bonchev–Trinajstić information content (AvgIpc) is 3.16. The van der Waals surface area contributed by atoms with E-state index in [1.54, 1.807) is 12.1 Å². The molecule has 0 atom stereocenters. The molecule has 0 fully saturated rings. The number of amides is 2. The first kappa shape index (κ1) is 14.3. The van der Waals surface area contributed by atoms with Gasteiger partial charge in [0.15, 0.2) is 0 Å². The summed E-state index contributed by atoms with van der Waals surface area (Å²) in [5, 5.41) is 6.81. The highest BCUT2D eigenvalue weighted by molar-refractivity contribution is 7.20. The normalized spacial score (nSPS) is 9.82. The summed E-state index contributed by atoms with van der Waals surface area (Å²) in [6.07, 6.45) is 1.38. The highest BCUT2D eigenvalue weighted by Gasteiger charge is 2.13. The smallest absolute Gasteiger partial charge is 0.355 e. The molecule has 0 unspecified atom stereocenters. The Balaban J connectivity index is 1.62. The summed E-state index contributed by atoms with van der Waals surface area (Å²) in [6.45, 7) is 0. The molecular formula is C16H9NO3S2. The van der Waals surface area contributed by atoms with Crippen LogP contribution in [-0.4, -0.2) is 12.0 Å². The molecule has 0 bridgehead atoms. The third kappa shape index (κ3) is 3.34. The Hall–Kier alpha value is -2.62. The summed E-state index contributed by atoms with van der Waals surface area (Å²) in [7, 11) is 0. The molecule has 2 aromatic heterocycles. The zero-order chi connectivity index (χ0) is 15.4. The Bertz CT molecular complexity index is 852. The van der Waals surface area contributed by atoms with Gasteiger partial charge in [-0.3, -0.25) is 10.1 Å². The van der Waals surface area contributed by atoms with Gasteiger partial charge < -0.3 is 4.74 Å². The van der Waals surface area contributed by atoms with Crippen LogP contribution in [-0.2, 0) is 4.74 Å². The van der Waals surface area contributed by atoms with Gasteiger partial charge in [0.25, 0.3) is 5.91 Å². The van der Waals surface area contributed by atoms with Gasteiger partial charge in [-0.1, -0.05) is 18.2 Å². The monoisotopic (exact) mass is 327 g/mol. The van der Waals surface area contributed by atoms with Crippen molar-refractivity contribution in [2.75, 3.05) is 0 Å². The van der Waals surface area contributed by atoms with E-state index in [1.165, 1.54) is 22.7 Å². The van der Waals surface area contributed by atoms with Crippen molar-refractivity contribution in [2.24, 2.45) is 0 Å². The van der Waals surface area contributed by atoms with Gasteiger partial charge in [0.1, 0.15) is 6.11 Å². The first-order valence-corrected chi connectivity index (χ1v) is 8.02. The molecule has 1 N–H and O–H groups in total. The first-order valence-electron chi connectivity index (χ1n) is 6.26. The fourth-order valence-corrected chi connectivity index (χ4v) is 3.29. The van der Waals surface area contributed by atoms with Gasteiger partial charge in [-0.15, -0.1) is 11.3 Å². The van der Waals surface area contributed by atoms with Gasteiger partial charge in [0.2, 0.25) is 0 Å². The zero-order valence-corrected chi connectivity index (χ0v) is 12.8. The van der Waals surface area contributed by atoms with Crippen LogP contribution in [0.3, 0.4) is 0 Å². The van der Waals surface area contributed by atoms with Crippen LogP contribution in [0, 0.1) is 12.0 Å². The number of nitrogens with one attached hydrogen (secondary N) is 1. The quantitative estimate of drug-likeness (QED) is 0.691. The number of fused-ring (bicyclic) bond motifs is 1. The predicted octanol–water partition coefficient (Wildman–Crippen LogP) is 3.84. The standard InChI is InChI=1S/C16H9NO3S2/c18-15(14-9-12-3-1-2-4-13(12)22-14)17-16(19)20-7-5-11-6-8-21-10-11/h1-4,6,8-10H,(H,17,18,19). The summed E-state index contributed by atoms with van der Waals surface area (Å²) < 4.78 is 5.64. The minimum atomic E-state index is -0.884. The van der Waals surface area contributed by atoms with Crippen molar-refractivity contribution in [3.63, 3.8) is 0 Å². The van der Waals surface area contributed by atoms with E-state index in [1.807, 2.05) is 35.0 Å². The summed E-state index contributed by atoms with van der Waals surface area (Å²) in [5.74, 6) is 2.16. The minimum absolute atomic E-state index is 0.448. The first-order chi connectivity index (χ1) is 10.7. The van der Waals surface area contributed by atoms with Crippen molar-refractivity contribution in [1.29, 1.82) is 0 Å². The topological polar surface area (TPSA) is 55.4 Å². The Labute approximate surface area is 134 Å². The molecule has 3 aromatic rings. The van der Waals surface area contributed by atoms with E-state index in [9.17, 15) is 9.59 Å². The molecule has 22 heavy (non-hydrogen) atoms. The molecule has 0 spiro atoms. The molecule has 2 amide bonds. The van der Waals surface area contributed by atoms with Crippen LogP contribution in [0.5, 0.6) is 0 Å². The van der Waals surface area contributed by atoms with E-state index < -0.39 is 12.0 Å². The fraction of sp³-hybridized carbons (Fsp3) is 0. The van der Waals surface area contributed by atoms with Crippen molar-refractivity contribution < 1.29 is 14.3 Å². The van der Waals surface area contributed by atoms with Gasteiger partial charge in [-0.2, -0.15) is 11.3 Å². The lowest BCUT2D eigenvalue weighted by atomic mass is 10.2. The highest BCUT2D eigenvalue weighted by Crippen LogP contribution is 2.24. The molecule has 2 heterocycles. The molecule has 0 aliphatic carbocycles. The van der Waals surface area contributed by atoms with Gasteiger partial charge in [0.05, 0.1) is 4.88 Å². The third-order valence-electron chi connectivity index (χ3n) is 2.73. The van der Waals surface area contributed by atoms with E-state index in [0.29, 0.717) is 4.88 Å². The van der Waals surface area contributed by atoms with Gasteiger partial charge in [-0.25, -0.2) is 4.79 Å². The second kappa shape index (κ2) is 6.43. The summed E-state index contributed by atoms with van der Waals surface area (Å²) in [6, 6.07) is 11.2. The fourth-order valence-electron chi connectivity index (χ4n) is 1.74. The number of hydrogen-bond donors (Lipinski definition) is 1. The third-order valence-corrected chi connectivity index (χ3v) is 4.52. The lowest BCUT2D eigenvalue weighted by Crippen LogP contribution is -2.29. The van der Waals surface area contributed by atoms with Crippen LogP contribution in [0.25, 0.3) is 10.1 Å². The number of imide groups is 1. The maximum Gasteiger partial charge on any atom is 0.428 e. The zero-order valence-electron chi connectivity index (χ0n) is 11.2. The second-order valence-electron chi connectivity index (χ2n) is 4.23. The van der Waals surface area contributed by atoms with Crippen LogP contribution in [0.2, 0.25) is 0 Å². The number of carbonyl (C=O) groups excluding carboxylic acids is 2. The van der Waals surface area contributed by atoms with E-state index in [0.717, 1.165) is 15.6 Å². The predicted molar refractivity (Wildman–Crippen MR) is 87.0 cm³/mol. The minimum Gasteiger partial charge on any atom is -0.355 e. The van der Waals surface area contributed by atoms with Gasteiger partial charge in [-0.05, 0) is 34.9 Å². The van der Waals surface area contributed by atoms with Crippen LogP contribution in [0.15, 0.2) is 47.2 Å². The van der Waals surface area contributed by atoms with E-state index >= 15 is 0 Å². The van der Waals surface area contributed by atoms with Crippen molar-refractivity contribution in [2.45, 2.75) is 0 Å². The Kier molecular flexibility index (Phi) is 4.19. The largest absolute Gasteiger partial charge is 0.428 e. The van der Waals surface area contributed by atoms with Crippen LogP contribution in [0.1, 0.15) is 15.2 Å². The molecule has 0 radical (unpaired) electrons. The summed E-state index contributed by atoms with van der Waals surface area (Å²) in [4.78, 5) is 23.9. The van der Waals surface area contributed by atoms with Crippen LogP contribution >= 0.6 is 22.7 Å². The lowest BCUT2D eigenvalue weighted by Gasteiger charge is -1.97. The maximum atomic E-state index is 12.0. The second-order valence-corrected chi connectivity index (χ2v) is 6.10. The Morgan fingerprint density at radius 3 is 2.82 bits per heavy atom. The molecule has 0 aliphatic rings. The van der Waals surface area contributed by atoms with Crippen molar-refractivity contribution in [3.8, 4) is 12.0 Å². The Morgan fingerprint density at radius 1 is 1.18 bits per heavy atom. The number of carbonyl (C=O) groups is 2.